The number of nitrogens with zero attached hydrogens (tertiary/aromatic N) is 1. The number of likely N-dealkylation sites (tertiary alicyclic amines) is 1. The molecule has 1 aliphatic heterocycles. The molecule has 2 rings (SSSR count). The number of amides is 1. The Hall–Kier alpha value is -1.71. The van der Waals surface area contributed by atoms with Crippen molar-refractivity contribution in [3.63, 3.8) is 0 Å². The first-order valence-electron chi connectivity index (χ1n) is 7.19. The van der Waals surface area contributed by atoms with E-state index in [1.807, 2.05) is 36.1 Å². The minimum Gasteiger partial charge on any atom is -0.497 e. The van der Waals surface area contributed by atoms with E-state index in [2.05, 4.69) is 6.92 Å². The maximum atomic E-state index is 12.3. The number of methoxy groups -OCH3 is 1. The van der Waals surface area contributed by atoms with E-state index < -0.39 is 6.10 Å². The normalized spacial score (nSPS) is 17.6. The van der Waals surface area contributed by atoms with Crippen LogP contribution in [0.2, 0.25) is 0 Å². The molecule has 20 heavy (non-hydrogen) atoms. The topological polar surface area (TPSA) is 38.8 Å². The Bertz CT molecular complexity index is 436. The molecule has 1 aromatic rings. The van der Waals surface area contributed by atoms with Gasteiger partial charge in [0.25, 0.3) is 5.91 Å². The van der Waals surface area contributed by atoms with Crippen LogP contribution in [0.15, 0.2) is 24.3 Å². The number of carbonyl (C=O) groups is 1. The van der Waals surface area contributed by atoms with Crippen molar-refractivity contribution in [1.82, 2.24) is 4.90 Å². The summed E-state index contributed by atoms with van der Waals surface area (Å²) >= 11 is 0. The first kappa shape index (κ1) is 14.7. The molecule has 1 amide bonds. The fourth-order valence-electron chi connectivity index (χ4n) is 2.39. The van der Waals surface area contributed by atoms with Gasteiger partial charge in [0.2, 0.25) is 0 Å². The van der Waals surface area contributed by atoms with Crippen LogP contribution >= 0.6 is 0 Å². The molecule has 0 bridgehead atoms. The summed E-state index contributed by atoms with van der Waals surface area (Å²) in [5.74, 6) is 2.27. The van der Waals surface area contributed by atoms with Crippen molar-refractivity contribution in [2.45, 2.75) is 32.8 Å². The second kappa shape index (κ2) is 6.64. The second-order valence-electron chi connectivity index (χ2n) is 5.44. The van der Waals surface area contributed by atoms with Crippen molar-refractivity contribution in [3.8, 4) is 11.5 Å². The van der Waals surface area contributed by atoms with Gasteiger partial charge in [-0.15, -0.1) is 0 Å². The lowest BCUT2D eigenvalue weighted by atomic mass is 9.99. The Morgan fingerprint density at radius 1 is 1.20 bits per heavy atom. The zero-order valence-electron chi connectivity index (χ0n) is 12.5. The van der Waals surface area contributed by atoms with Gasteiger partial charge in [-0.1, -0.05) is 6.92 Å². The number of benzene rings is 1. The molecule has 4 heteroatoms. The molecule has 4 nitrogen and oxygen atoms in total. The molecule has 1 aromatic carbocycles. The summed E-state index contributed by atoms with van der Waals surface area (Å²) in [5, 5.41) is 0. The predicted octanol–water partition coefficient (Wildman–Crippen LogP) is 2.72. The van der Waals surface area contributed by atoms with E-state index in [1.54, 1.807) is 7.11 Å². The minimum absolute atomic E-state index is 0.0766. The van der Waals surface area contributed by atoms with Crippen LogP contribution in [0.4, 0.5) is 0 Å². The maximum Gasteiger partial charge on any atom is 0.263 e. The van der Waals surface area contributed by atoms with Gasteiger partial charge in [0.15, 0.2) is 6.10 Å². The number of piperidine rings is 1. The third kappa shape index (κ3) is 3.65. The van der Waals surface area contributed by atoms with Gasteiger partial charge in [-0.05, 0) is 49.9 Å². The lowest BCUT2D eigenvalue weighted by molar-refractivity contribution is -0.139. The smallest absolute Gasteiger partial charge is 0.263 e. The molecule has 1 fully saturated rings. The predicted molar refractivity (Wildman–Crippen MR) is 78.1 cm³/mol. The van der Waals surface area contributed by atoms with Gasteiger partial charge in [-0.2, -0.15) is 0 Å². The van der Waals surface area contributed by atoms with E-state index in [4.69, 9.17) is 9.47 Å². The zero-order valence-corrected chi connectivity index (χ0v) is 12.5. The van der Waals surface area contributed by atoms with Crippen LogP contribution in [0.5, 0.6) is 11.5 Å². The Kier molecular flexibility index (Phi) is 4.88. The summed E-state index contributed by atoms with van der Waals surface area (Å²) < 4.78 is 10.8. The molecule has 0 radical (unpaired) electrons. The number of carbonyl (C=O) groups excluding carboxylic acids is 1. The minimum atomic E-state index is -0.447. The summed E-state index contributed by atoms with van der Waals surface area (Å²) in [4.78, 5) is 14.2. The quantitative estimate of drug-likeness (QED) is 0.849. The van der Waals surface area contributed by atoms with E-state index >= 15 is 0 Å². The third-order valence-electron chi connectivity index (χ3n) is 3.82. The van der Waals surface area contributed by atoms with Crippen LogP contribution in [0.3, 0.4) is 0 Å². The highest BCUT2D eigenvalue weighted by molar-refractivity contribution is 5.81. The Balaban J connectivity index is 1.89. The van der Waals surface area contributed by atoms with Gasteiger partial charge in [-0.25, -0.2) is 0 Å². The van der Waals surface area contributed by atoms with Crippen LogP contribution in [-0.2, 0) is 4.79 Å². The molecule has 1 heterocycles. The van der Waals surface area contributed by atoms with Gasteiger partial charge in [0, 0.05) is 13.1 Å². The SMILES string of the molecule is COc1ccc(O[C@H](C)C(=O)N2CCC(C)CC2)cc1. The van der Waals surface area contributed by atoms with Crippen molar-refractivity contribution in [1.29, 1.82) is 0 Å². The average molecular weight is 277 g/mol. The Morgan fingerprint density at radius 3 is 2.30 bits per heavy atom. The molecule has 0 spiro atoms. The lowest BCUT2D eigenvalue weighted by Gasteiger charge is -2.32. The van der Waals surface area contributed by atoms with Crippen molar-refractivity contribution in [3.05, 3.63) is 24.3 Å². The van der Waals surface area contributed by atoms with Crippen LogP contribution in [-0.4, -0.2) is 37.1 Å². The Labute approximate surface area is 120 Å². The van der Waals surface area contributed by atoms with Crippen LogP contribution in [0.25, 0.3) is 0 Å². The fourth-order valence-corrected chi connectivity index (χ4v) is 2.39. The largest absolute Gasteiger partial charge is 0.497 e. The summed E-state index contributed by atoms with van der Waals surface area (Å²) in [5.41, 5.74) is 0. The van der Waals surface area contributed by atoms with E-state index in [1.165, 1.54) is 0 Å². The molecule has 1 aliphatic rings. The third-order valence-corrected chi connectivity index (χ3v) is 3.82. The number of rotatable bonds is 4. The average Bonchev–Trinajstić information content (AvgIpc) is 2.48. The molecule has 1 atom stereocenters. The highest BCUT2D eigenvalue weighted by Gasteiger charge is 2.25. The van der Waals surface area contributed by atoms with Crippen molar-refractivity contribution < 1.29 is 14.3 Å². The Morgan fingerprint density at radius 2 is 1.75 bits per heavy atom. The summed E-state index contributed by atoms with van der Waals surface area (Å²) in [6.07, 6.45) is 1.72. The number of hydrogen-bond donors (Lipinski definition) is 0. The molecular formula is C16H23NO3. The molecule has 0 saturated carbocycles. The number of hydrogen-bond acceptors (Lipinski definition) is 3. The number of ether oxygens (including phenoxy) is 2. The molecule has 1 saturated heterocycles. The van der Waals surface area contributed by atoms with Gasteiger partial charge >= 0.3 is 0 Å². The van der Waals surface area contributed by atoms with Crippen molar-refractivity contribution >= 4 is 5.91 Å². The van der Waals surface area contributed by atoms with E-state index in [-0.39, 0.29) is 5.91 Å². The van der Waals surface area contributed by atoms with Gasteiger partial charge in [0.1, 0.15) is 11.5 Å². The first-order chi connectivity index (χ1) is 9.60. The van der Waals surface area contributed by atoms with E-state index in [0.29, 0.717) is 5.75 Å². The molecule has 0 unspecified atom stereocenters. The summed E-state index contributed by atoms with van der Waals surface area (Å²) in [6.45, 7) is 5.73. The van der Waals surface area contributed by atoms with Gasteiger partial charge < -0.3 is 14.4 Å². The molecule has 0 aliphatic carbocycles. The maximum absolute atomic E-state index is 12.3. The van der Waals surface area contributed by atoms with Crippen LogP contribution in [0, 0.1) is 5.92 Å². The monoisotopic (exact) mass is 277 g/mol. The van der Waals surface area contributed by atoms with E-state index in [0.717, 1.165) is 37.6 Å². The second-order valence-corrected chi connectivity index (χ2v) is 5.44. The zero-order chi connectivity index (χ0) is 14.5. The molecule has 110 valence electrons. The molecule has 0 aromatic heterocycles. The summed E-state index contributed by atoms with van der Waals surface area (Å²) in [7, 11) is 1.62. The highest BCUT2D eigenvalue weighted by Crippen LogP contribution is 2.20. The summed E-state index contributed by atoms with van der Waals surface area (Å²) in [6, 6.07) is 7.30. The van der Waals surface area contributed by atoms with Gasteiger partial charge in [-0.3, -0.25) is 4.79 Å². The van der Waals surface area contributed by atoms with Crippen LogP contribution < -0.4 is 9.47 Å². The first-order valence-corrected chi connectivity index (χ1v) is 7.19. The standard InChI is InChI=1S/C16H23NO3/c1-12-8-10-17(11-9-12)16(18)13(2)20-15-6-4-14(19-3)5-7-15/h4-7,12-13H,8-11H2,1-3H3/t13-/m1/s1. The lowest BCUT2D eigenvalue weighted by Crippen LogP contribution is -2.44. The van der Waals surface area contributed by atoms with Gasteiger partial charge in [0.05, 0.1) is 7.11 Å². The fraction of sp³-hybridized carbons (Fsp3) is 0.562. The highest BCUT2D eigenvalue weighted by atomic mass is 16.5. The van der Waals surface area contributed by atoms with Crippen molar-refractivity contribution in [2.24, 2.45) is 5.92 Å². The molecular weight excluding hydrogens is 254 g/mol. The van der Waals surface area contributed by atoms with Crippen LogP contribution in [0.1, 0.15) is 26.7 Å². The van der Waals surface area contributed by atoms with E-state index in [9.17, 15) is 4.79 Å². The van der Waals surface area contributed by atoms with Crippen molar-refractivity contribution in [2.75, 3.05) is 20.2 Å². The molecule has 0 N–H and O–H groups in total.